The quantitative estimate of drug-likeness (QED) is 0.573. The maximum absolute atomic E-state index is 12.2. The number of rotatable bonds is 5. The second kappa shape index (κ2) is 8.93. The molecule has 7 heteroatoms. The number of amides is 1. The van der Waals surface area contributed by atoms with E-state index >= 15 is 0 Å². The minimum absolute atomic E-state index is 0.0176. The van der Waals surface area contributed by atoms with Gasteiger partial charge in [0.2, 0.25) is 0 Å². The summed E-state index contributed by atoms with van der Waals surface area (Å²) in [5.41, 5.74) is -0.0298. The highest BCUT2D eigenvalue weighted by atomic mass is 35.5. The van der Waals surface area contributed by atoms with Crippen LogP contribution < -0.4 is 5.32 Å². The van der Waals surface area contributed by atoms with E-state index in [0.29, 0.717) is 12.5 Å². The molecule has 1 aliphatic rings. The second-order valence-electron chi connectivity index (χ2n) is 6.01. The van der Waals surface area contributed by atoms with E-state index in [2.05, 4.69) is 5.32 Å². The van der Waals surface area contributed by atoms with Crippen molar-refractivity contribution in [3.8, 4) is 0 Å². The van der Waals surface area contributed by atoms with Crippen LogP contribution in [0.5, 0.6) is 0 Å². The summed E-state index contributed by atoms with van der Waals surface area (Å²) >= 11 is 17.9. The van der Waals surface area contributed by atoms with Crippen molar-refractivity contribution < 1.29 is 14.3 Å². The van der Waals surface area contributed by atoms with Crippen LogP contribution in [0.15, 0.2) is 12.1 Å². The van der Waals surface area contributed by atoms with Crippen molar-refractivity contribution in [3.63, 3.8) is 0 Å². The average Bonchev–Trinajstić information content (AvgIpc) is 2.57. The van der Waals surface area contributed by atoms with Crippen LogP contribution in [0.4, 0.5) is 0 Å². The third-order valence-corrected chi connectivity index (χ3v) is 5.31. The molecule has 24 heavy (non-hydrogen) atoms. The van der Waals surface area contributed by atoms with Crippen LogP contribution in [0, 0.1) is 5.92 Å². The first-order valence-electron chi connectivity index (χ1n) is 8.02. The minimum atomic E-state index is -0.938. The predicted molar refractivity (Wildman–Crippen MR) is 95.9 cm³/mol. The van der Waals surface area contributed by atoms with Gasteiger partial charge in [-0.2, -0.15) is 0 Å². The Bertz CT molecular complexity index is 615. The van der Waals surface area contributed by atoms with Crippen LogP contribution in [-0.2, 0) is 9.53 Å². The Morgan fingerprint density at radius 1 is 1.17 bits per heavy atom. The van der Waals surface area contributed by atoms with Gasteiger partial charge in [-0.1, -0.05) is 54.1 Å². The molecule has 0 aliphatic heterocycles. The molecule has 0 spiro atoms. The topological polar surface area (TPSA) is 55.4 Å². The Kier molecular flexibility index (Phi) is 7.20. The van der Waals surface area contributed by atoms with Crippen molar-refractivity contribution in [2.75, 3.05) is 6.54 Å². The zero-order chi connectivity index (χ0) is 17.7. The number of hydrogen-bond acceptors (Lipinski definition) is 3. The summed E-state index contributed by atoms with van der Waals surface area (Å²) in [6, 6.07) is 2.95. The number of ether oxygens (including phenoxy) is 1. The fourth-order valence-corrected chi connectivity index (χ4v) is 3.45. The largest absolute Gasteiger partial charge is 0.449 e. The van der Waals surface area contributed by atoms with Crippen molar-refractivity contribution in [2.24, 2.45) is 5.92 Å². The first kappa shape index (κ1) is 19.4. The summed E-state index contributed by atoms with van der Waals surface area (Å²) < 4.78 is 5.18. The van der Waals surface area contributed by atoms with Crippen LogP contribution in [0.25, 0.3) is 0 Å². The monoisotopic (exact) mass is 391 g/mol. The van der Waals surface area contributed by atoms with Gasteiger partial charge < -0.3 is 10.1 Å². The van der Waals surface area contributed by atoms with Crippen LogP contribution in [0.2, 0.25) is 15.1 Å². The highest BCUT2D eigenvalue weighted by Gasteiger charge is 2.24. The number of carbonyl (C=O) groups excluding carboxylic acids is 2. The lowest BCUT2D eigenvalue weighted by molar-refractivity contribution is -0.129. The molecule has 0 radical (unpaired) electrons. The van der Waals surface area contributed by atoms with E-state index in [1.54, 1.807) is 0 Å². The lowest BCUT2D eigenvalue weighted by Crippen LogP contribution is -2.38. The Labute approximate surface area is 156 Å². The number of halogens is 3. The van der Waals surface area contributed by atoms with Crippen LogP contribution in [0.3, 0.4) is 0 Å². The second-order valence-corrected chi connectivity index (χ2v) is 7.21. The van der Waals surface area contributed by atoms with Crippen molar-refractivity contribution in [3.05, 3.63) is 32.8 Å². The molecular weight excluding hydrogens is 373 g/mol. The highest BCUT2D eigenvalue weighted by Crippen LogP contribution is 2.32. The number of nitrogens with one attached hydrogen (secondary N) is 1. The molecule has 1 aromatic rings. The molecule has 1 amide bonds. The molecule has 0 bridgehead atoms. The fourth-order valence-electron chi connectivity index (χ4n) is 2.77. The van der Waals surface area contributed by atoms with Gasteiger partial charge in [0.25, 0.3) is 5.91 Å². The van der Waals surface area contributed by atoms with Gasteiger partial charge in [0, 0.05) is 6.54 Å². The highest BCUT2D eigenvalue weighted by molar-refractivity contribution is 6.46. The zero-order valence-corrected chi connectivity index (χ0v) is 15.7. The minimum Gasteiger partial charge on any atom is -0.449 e. The number of carbonyl (C=O) groups is 2. The average molecular weight is 393 g/mol. The summed E-state index contributed by atoms with van der Waals surface area (Å²) in [6.45, 7) is 2.12. The van der Waals surface area contributed by atoms with E-state index in [1.165, 1.54) is 38.3 Å². The third kappa shape index (κ3) is 5.01. The van der Waals surface area contributed by atoms with Gasteiger partial charge in [-0.05, 0) is 37.8 Å². The third-order valence-electron chi connectivity index (χ3n) is 4.19. The first-order valence-corrected chi connectivity index (χ1v) is 9.15. The summed E-state index contributed by atoms with van der Waals surface area (Å²) in [7, 11) is 0. The summed E-state index contributed by atoms with van der Waals surface area (Å²) in [4.78, 5) is 24.3. The van der Waals surface area contributed by atoms with E-state index in [-0.39, 0.29) is 26.5 Å². The molecule has 0 unspecified atom stereocenters. The zero-order valence-electron chi connectivity index (χ0n) is 13.4. The van der Waals surface area contributed by atoms with Crippen molar-refractivity contribution in [1.29, 1.82) is 0 Å². The molecular formula is C17H20Cl3NO3. The summed E-state index contributed by atoms with van der Waals surface area (Å²) in [5.74, 6) is -0.599. The molecule has 1 aromatic carbocycles. The molecule has 1 atom stereocenters. The Morgan fingerprint density at radius 3 is 2.46 bits per heavy atom. The van der Waals surface area contributed by atoms with Crippen molar-refractivity contribution >= 4 is 46.7 Å². The van der Waals surface area contributed by atoms with Gasteiger partial charge in [-0.25, -0.2) is 4.79 Å². The molecule has 4 nitrogen and oxygen atoms in total. The standard InChI is InChI=1S/C17H20Cl3NO3/c1-10(16(22)21-9-11-5-3-2-4-6-11)24-17(23)14-12(18)7-8-13(19)15(14)20/h7-8,10-11H,2-6,9H2,1H3,(H,21,22)/t10-/m0/s1. The molecule has 1 N–H and O–H groups in total. The van der Waals surface area contributed by atoms with E-state index in [4.69, 9.17) is 39.5 Å². The van der Waals surface area contributed by atoms with Crippen molar-refractivity contribution in [2.45, 2.75) is 45.1 Å². The number of esters is 1. The Hall–Kier alpha value is -0.970. The van der Waals surface area contributed by atoms with Gasteiger partial charge in [0.15, 0.2) is 6.10 Å². The molecule has 0 aromatic heterocycles. The molecule has 132 valence electrons. The van der Waals surface area contributed by atoms with Gasteiger partial charge in [0.1, 0.15) is 0 Å². The molecule has 0 heterocycles. The lowest BCUT2D eigenvalue weighted by Gasteiger charge is -2.22. The summed E-state index contributed by atoms with van der Waals surface area (Å²) in [6.07, 6.45) is 4.99. The molecule has 0 saturated heterocycles. The number of hydrogen-bond donors (Lipinski definition) is 1. The molecule has 2 rings (SSSR count). The lowest BCUT2D eigenvalue weighted by atomic mass is 9.89. The predicted octanol–water partition coefficient (Wildman–Crippen LogP) is 4.89. The van der Waals surface area contributed by atoms with Crippen LogP contribution >= 0.6 is 34.8 Å². The number of benzene rings is 1. The van der Waals surface area contributed by atoms with E-state index in [0.717, 1.165) is 12.8 Å². The van der Waals surface area contributed by atoms with E-state index < -0.39 is 12.1 Å². The van der Waals surface area contributed by atoms with Gasteiger partial charge >= 0.3 is 5.97 Å². The fraction of sp³-hybridized carbons (Fsp3) is 0.529. The van der Waals surface area contributed by atoms with Crippen LogP contribution in [-0.4, -0.2) is 24.5 Å². The molecule has 1 saturated carbocycles. The maximum Gasteiger partial charge on any atom is 0.342 e. The van der Waals surface area contributed by atoms with Gasteiger partial charge in [-0.3, -0.25) is 4.79 Å². The molecule has 1 aliphatic carbocycles. The first-order chi connectivity index (χ1) is 11.4. The van der Waals surface area contributed by atoms with Crippen LogP contribution in [0.1, 0.15) is 49.4 Å². The van der Waals surface area contributed by atoms with E-state index in [9.17, 15) is 9.59 Å². The van der Waals surface area contributed by atoms with Gasteiger partial charge in [-0.15, -0.1) is 0 Å². The molecule has 1 fully saturated rings. The van der Waals surface area contributed by atoms with E-state index in [1.807, 2.05) is 0 Å². The Morgan fingerprint density at radius 2 is 1.79 bits per heavy atom. The smallest absolute Gasteiger partial charge is 0.342 e. The Balaban J connectivity index is 1.91. The van der Waals surface area contributed by atoms with Crippen molar-refractivity contribution in [1.82, 2.24) is 5.32 Å². The van der Waals surface area contributed by atoms with Gasteiger partial charge in [0.05, 0.1) is 20.6 Å². The SMILES string of the molecule is C[C@H](OC(=O)c1c(Cl)ccc(Cl)c1Cl)C(=O)NCC1CCCCC1. The summed E-state index contributed by atoms with van der Waals surface area (Å²) in [5, 5.41) is 3.18. The normalized spacial score (nSPS) is 16.5. The maximum atomic E-state index is 12.2.